The first-order valence-corrected chi connectivity index (χ1v) is 5.28. The highest BCUT2D eigenvalue weighted by molar-refractivity contribution is 7.80. The van der Waals surface area contributed by atoms with Gasteiger partial charge in [0.1, 0.15) is 24.4 Å². The molecular formula is C8H16O6S. The van der Waals surface area contributed by atoms with E-state index < -0.39 is 37.3 Å². The Balaban J connectivity index is 2.57. The van der Waals surface area contributed by atoms with Gasteiger partial charge in [-0.15, -0.1) is 0 Å². The maximum atomic E-state index is 9.48. The largest absolute Gasteiger partial charge is 0.394 e. The van der Waals surface area contributed by atoms with Crippen molar-refractivity contribution < 1.29 is 29.9 Å². The van der Waals surface area contributed by atoms with Crippen molar-refractivity contribution in [1.29, 1.82) is 0 Å². The first-order chi connectivity index (χ1) is 7.11. The molecular weight excluding hydrogens is 224 g/mol. The van der Waals surface area contributed by atoms with Crippen LogP contribution in [0.5, 0.6) is 0 Å². The number of thiol groups is 1. The highest BCUT2D eigenvalue weighted by Crippen LogP contribution is 2.21. The van der Waals surface area contributed by atoms with Gasteiger partial charge in [-0.25, -0.2) is 0 Å². The number of aliphatic hydroxyl groups is 4. The minimum atomic E-state index is -1.39. The SMILES string of the molecule is OC[C@H]1O[C@H](OCCS)[C@H](O)[C@@H](O)[C@@H]1O. The zero-order valence-corrected chi connectivity index (χ0v) is 8.96. The summed E-state index contributed by atoms with van der Waals surface area (Å²) >= 11 is 3.91. The third-order valence-electron chi connectivity index (χ3n) is 2.22. The zero-order chi connectivity index (χ0) is 11.4. The molecule has 0 aliphatic carbocycles. The molecule has 1 rings (SSSR count). The van der Waals surface area contributed by atoms with E-state index in [4.69, 9.17) is 14.6 Å². The van der Waals surface area contributed by atoms with E-state index in [1.54, 1.807) is 0 Å². The predicted octanol–water partition coefficient (Wildman–Crippen LogP) is -2.27. The molecule has 0 amide bonds. The standard InChI is InChI=1S/C8H16O6S/c9-3-4-5(10)6(11)7(12)8(14-4)13-1-2-15/h4-12,15H,1-3H2/t4-,5-,6+,7-,8+/m1/s1. The van der Waals surface area contributed by atoms with E-state index in [1.165, 1.54) is 0 Å². The summed E-state index contributed by atoms with van der Waals surface area (Å²) in [6.07, 6.45) is -6.04. The molecule has 1 fully saturated rings. The average Bonchev–Trinajstić information content (AvgIpc) is 2.25. The van der Waals surface area contributed by atoms with Gasteiger partial charge in [0, 0.05) is 5.75 Å². The van der Waals surface area contributed by atoms with Crippen LogP contribution >= 0.6 is 12.6 Å². The average molecular weight is 240 g/mol. The second-order valence-electron chi connectivity index (χ2n) is 3.29. The van der Waals surface area contributed by atoms with Crippen LogP contribution in [0.1, 0.15) is 0 Å². The second-order valence-corrected chi connectivity index (χ2v) is 3.74. The van der Waals surface area contributed by atoms with E-state index in [-0.39, 0.29) is 6.61 Å². The van der Waals surface area contributed by atoms with Crippen molar-refractivity contribution in [2.45, 2.75) is 30.7 Å². The molecule has 4 N–H and O–H groups in total. The fourth-order valence-corrected chi connectivity index (χ4v) is 1.48. The molecule has 0 aromatic carbocycles. The van der Waals surface area contributed by atoms with Crippen LogP contribution < -0.4 is 0 Å². The Bertz CT molecular complexity index is 190. The fraction of sp³-hybridized carbons (Fsp3) is 1.00. The van der Waals surface area contributed by atoms with Gasteiger partial charge in [0.25, 0.3) is 0 Å². The van der Waals surface area contributed by atoms with Crippen LogP contribution in [0.4, 0.5) is 0 Å². The van der Waals surface area contributed by atoms with Crippen molar-refractivity contribution in [3.63, 3.8) is 0 Å². The van der Waals surface area contributed by atoms with Gasteiger partial charge in [-0.3, -0.25) is 0 Å². The molecule has 90 valence electrons. The Morgan fingerprint density at radius 3 is 2.33 bits per heavy atom. The van der Waals surface area contributed by atoms with E-state index in [0.717, 1.165) is 0 Å². The summed E-state index contributed by atoms with van der Waals surface area (Å²) in [5.74, 6) is 0.440. The molecule has 1 aliphatic rings. The van der Waals surface area contributed by atoms with Crippen molar-refractivity contribution in [2.75, 3.05) is 19.0 Å². The summed E-state index contributed by atoms with van der Waals surface area (Å²) < 4.78 is 10.1. The van der Waals surface area contributed by atoms with Crippen LogP contribution in [-0.2, 0) is 9.47 Å². The van der Waals surface area contributed by atoms with Crippen molar-refractivity contribution in [3.8, 4) is 0 Å². The fourth-order valence-electron chi connectivity index (χ4n) is 1.37. The minimum absolute atomic E-state index is 0.242. The first kappa shape index (κ1) is 13.2. The highest BCUT2D eigenvalue weighted by atomic mass is 32.1. The van der Waals surface area contributed by atoms with Crippen LogP contribution in [0.3, 0.4) is 0 Å². The third-order valence-corrected chi connectivity index (χ3v) is 2.40. The summed E-state index contributed by atoms with van der Waals surface area (Å²) in [6, 6.07) is 0. The van der Waals surface area contributed by atoms with Crippen molar-refractivity contribution in [2.24, 2.45) is 0 Å². The molecule has 6 nitrogen and oxygen atoms in total. The van der Waals surface area contributed by atoms with Gasteiger partial charge in [-0.1, -0.05) is 0 Å². The maximum Gasteiger partial charge on any atom is 0.186 e. The molecule has 1 aliphatic heterocycles. The number of ether oxygens (including phenoxy) is 2. The topological polar surface area (TPSA) is 99.4 Å². The lowest BCUT2D eigenvalue weighted by atomic mass is 9.99. The van der Waals surface area contributed by atoms with Crippen LogP contribution in [0.2, 0.25) is 0 Å². The van der Waals surface area contributed by atoms with Crippen LogP contribution in [0, 0.1) is 0 Å². The molecule has 0 bridgehead atoms. The lowest BCUT2D eigenvalue weighted by Crippen LogP contribution is -2.59. The van der Waals surface area contributed by atoms with Crippen LogP contribution in [0.25, 0.3) is 0 Å². The Morgan fingerprint density at radius 2 is 1.80 bits per heavy atom. The predicted molar refractivity (Wildman–Crippen MR) is 53.6 cm³/mol. The number of aliphatic hydroxyl groups excluding tert-OH is 4. The van der Waals surface area contributed by atoms with E-state index in [1.807, 2.05) is 0 Å². The molecule has 0 unspecified atom stereocenters. The van der Waals surface area contributed by atoms with Gasteiger partial charge in [0.15, 0.2) is 6.29 Å². The molecule has 1 saturated heterocycles. The van der Waals surface area contributed by atoms with Gasteiger partial charge in [0.05, 0.1) is 13.2 Å². The molecule has 5 atom stereocenters. The monoisotopic (exact) mass is 240 g/mol. The molecule has 1 heterocycles. The normalized spacial score (nSPS) is 41.8. The van der Waals surface area contributed by atoms with Crippen molar-refractivity contribution in [3.05, 3.63) is 0 Å². The van der Waals surface area contributed by atoms with Gasteiger partial charge in [-0.05, 0) is 0 Å². The van der Waals surface area contributed by atoms with Crippen LogP contribution in [0.15, 0.2) is 0 Å². The highest BCUT2D eigenvalue weighted by Gasteiger charge is 2.43. The van der Waals surface area contributed by atoms with Gasteiger partial charge in [-0.2, -0.15) is 12.6 Å². The molecule has 0 radical (unpaired) electrons. The lowest BCUT2D eigenvalue weighted by Gasteiger charge is -2.39. The smallest absolute Gasteiger partial charge is 0.186 e. The number of hydrogen-bond acceptors (Lipinski definition) is 7. The van der Waals surface area contributed by atoms with Crippen LogP contribution in [-0.4, -0.2) is 70.1 Å². The Labute approximate surface area is 92.8 Å². The van der Waals surface area contributed by atoms with Gasteiger partial charge < -0.3 is 29.9 Å². The Kier molecular flexibility index (Phi) is 5.27. The zero-order valence-electron chi connectivity index (χ0n) is 8.06. The summed E-state index contributed by atoms with van der Waals surface area (Å²) in [5.41, 5.74) is 0. The molecule has 0 spiro atoms. The first-order valence-electron chi connectivity index (χ1n) is 4.64. The second kappa shape index (κ2) is 6.00. The third kappa shape index (κ3) is 3.04. The molecule has 0 saturated carbocycles. The van der Waals surface area contributed by atoms with Gasteiger partial charge in [0.2, 0.25) is 0 Å². The Hall–Kier alpha value is 0.110. The minimum Gasteiger partial charge on any atom is -0.394 e. The van der Waals surface area contributed by atoms with E-state index >= 15 is 0 Å². The molecule has 7 heteroatoms. The summed E-state index contributed by atoms with van der Waals surface area (Å²) in [6.45, 7) is -0.211. The van der Waals surface area contributed by atoms with Gasteiger partial charge >= 0.3 is 0 Å². The molecule has 0 aromatic heterocycles. The van der Waals surface area contributed by atoms with E-state index in [0.29, 0.717) is 5.75 Å². The molecule has 15 heavy (non-hydrogen) atoms. The van der Waals surface area contributed by atoms with Crippen molar-refractivity contribution in [1.82, 2.24) is 0 Å². The van der Waals surface area contributed by atoms with E-state index in [2.05, 4.69) is 12.6 Å². The summed E-state index contributed by atoms with van der Waals surface area (Å²) in [5, 5.41) is 37.2. The number of rotatable bonds is 4. The lowest BCUT2D eigenvalue weighted by molar-refractivity contribution is -0.299. The summed E-state index contributed by atoms with van der Waals surface area (Å²) in [7, 11) is 0. The Morgan fingerprint density at radius 1 is 1.13 bits per heavy atom. The maximum absolute atomic E-state index is 9.48. The summed E-state index contributed by atoms with van der Waals surface area (Å²) in [4.78, 5) is 0. The quantitative estimate of drug-likeness (QED) is 0.355. The van der Waals surface area contributed by atoms with E-state index in [9.17, 15) is 15.3 Å². The van der Waals surface area contributed by atoms with Crippen molar-refractivity contribution >= 4 is 12.6 Å². The molecule has 0 aromatic rings. The number of hydrogen-bond donors (Lipinski definition) is 5.